The standard InChI is InChI=1S/C12H17BrN2O3S/c13-9-6-5-8(14)7-12(9)19(17,18)15-10-3-1-2-4-11(10)16/h5-7,10-11,15-16H,1-4,14H2/t10-,11-/m1/s1. The molecule has 0 saturated heterocycles. The molecule has 0 radical (unpaired) electrons. The van der Waals surface area contributed by atoms with Gasteiger partial charge in [-0.1, -0.05) is 12.8 Å². The molecule has 0 amide bonds. The van der Waals surface area contributed by atoms with E-state index in [4.69, 9.17) is 5.73 Å². The second-order valence-electron chi connectivity index (χ2n) is 4.77. The molecule has 1 aromatic rings. The van der Waals surface area contributed by atoms with Gasteiger partial charge < -0.3 is 10.8 Å². The van der Waals surface area contributed by atoms with Crippen molar-refractivity contribution in [1.29, 1.82) is 0 Å². The lowest BCUT2D eigenvalue weighted by atomic mass is 9.93. The number of anilines is 1. The van der Waals surface area contributed by atoms with Crippen LogP contribution in [0.4, 0.5) is 5.69 Å². The van der Waals surface area contributed by atoms with Gasteiger partial charge in [0, 0.05) is 16.2 Å². The molecule has 1 saturated carbocycles. The fourth-order valence-corrected chi connectivity index (χ4v) is 4.54. The SMILES string of the molecule is Nc1ccc(Br)c(S(=O)(=O)N[C@@H]2CCCC[C@H]2O)c1. The first-order valence-corrected chi connectivity index (χ1v) is 8.43. The predicted octanol–water partition coefficient (Wildman–Crippen LogP) is 1.61. The number of nitrogen functional groups attached to an aromatic ring is 1. The van der Waals surface area contributed by atoms with Gasteiger partial charge in [0.2, 0.25) is 10.0 Å². The highest BCUT2D eigenvalue weighted by Crippen LogP contribution is 2.26. The van der Waals surface area contributed by atoms with E-state index in [1.807, 2.05) is 0 Å². The third-order valence-corrected chi connectivity index (χ3v) is 5.76. The molecule has 1 aliphatic rings. The van der Waals surface area contributed by atoms with Crippen LogP contribution in [0.1, 0.15) is 25.7 Å². The summed E-state index contributed by atoms with van der Waals surface area (Å²) in [6.45, 7) is 0. The molecule has 5 nitrogen and oxygen atoms in total. The molecule has 0 aliphatic heterocycles. The average Bonchev–Trinajstić information content (AvgIpc) is 2.35. The van der Waals surface area contributed by atoms with E-state index in [9.17, 15) is 13.5 Å². The molecule has 0 heterocycles. The Hall–Kier alpha value is -0.630. The summed E-state index contributed by atoms with van der Waals surface area (Å²) in [5, 5.41) is 9.84. The number of halogens is 1. The van der Waals surface area contributed by atoms with Gasteiger partial charge in [-0.15, -0.1) is 0 Å². The van der Waals surface area contributed by atoms with E-state index < -0.39 is 22.2 Å². The molecule has 2 atom stereocenters. The number of hydrogen-bond acceptors (Lipinski definition) is 4. The van der Waals surface area contributed by atoms with Crippen LogP contribution in [0.15, 0.2) is 27.6 Å². The Bertz CT molecular complexity index is 562. The van der Waals surface area contributed by atoms with Crippen LogP contribution < -0.4 is 10.5 Å². The Morgan fingerprint density at radius 3 is 2.68 bits per heavy atom. The number of nitrogens with one attached hydrogen (secondary N) is 1. The van der Waals surface area contributed by atoms with E-state index in [0.717, 1.165) is 12.8 Å². The molecule has 1 aromatic carbocycles. The van der Waals surface area contributed by atoms with Crippen LogP contribution in [-0.2, 0) is 10.0 Å². The minimum atomic E-state index is -3.68. The van der Waals surface area contributed by atoms with Crippen molar-refractivity contribution < 1.29 is 13.5 Å². The van der Waals surface area contributed by atoms with Crippen molar-refractivity contribution in [1.82, 2.24) is 4.72 Å². The fourth-order valence-electron chi connectivity index (χ4n) is 2.24. The smallest absolute Gasteiger partial charge is 0.242 e. The van der Waals surface area contributed by atoms with Crippen molar-refractivity contribution in [3.05, 3.63) is 22.7 Å². The minimum absolute atomic E-state index is 0.102. The Kier molecular flexibility index (Phi) is 4.50. The van der Waals surface area contributed by atoms with Gasteiger partial charge in [-0.25, -0.2) is 13.1 Å². The Labute approximate surface area is 121 Å². The van der Waals surface area contributed by atoms with Crippen LogP contribution in [0.2, 0.25) is 0 Å². The number of nitrogens with two attached hydrogens (primary N) is 1. The highest BCUT2D eigenvalue weighted by atomic mass is 79.9. The summed E-state index contributed by atoms with van der Waals surface area (Å²) in [4.78, 5) is 0.102. The molecule has 0 spiro atoms. The third kappa shape index (κ3) is 3.47. The first-order chi connectivity index (χ1) is 8.90. The van der Waals surface area contributed by atoms with E-state index in [-0.39, 0.29) is 4.90 Å². The largest absolute Gasteiger partial charge is 0.399 e. The van der Waals surface area contributed by atoms with Crippen molar-refractivity contribution >= 4 is 31.6 Å². The Morgan fingerprint density at radius 2 is 2.00 bits per heavy atom. The van der Waals surface area contributed by atoms with Gasteiger partial charge in [0.15, 0.2) is 0 Å². The van der Waals surface area contributed by atoms with Crippen molar-refractivity contribution in [2.24, 2.45) is 0 Å². The second kappa shape index (κ2) is 5.78. The van der Waals surface area contributed by atoms with E-state index in [1.54, 1.807) is 12.1 Å². The maximum Gasteiger partial charge on any atom is 0.242 e. The number of hydrogen-bond donors (Lipinski definition) is 3. The van der Waals surface area contributed by atoms with Crippen LogP contribution in [-0.4, -0.2) is 25.7 Å². The Balaban J connectivity index is 2.24. The topological polar surface area (TPSA) is 92.4 Å². The van der Waals surface area contributed by atoms with Gasteiger partial charge in [0.25, 0.3) is 0 Å². The maximum absolute atomic E-state index is 12.3. The zero-order chi connectivity index (χ0) is 14.0. The second-order valence-corrected chi connectivity index (χ2v) is 7.31. The van der Waals surface area contributed by atoms with Crippen LogP contribution >= 0.6 is 15.9 Å². The lowest BCUT2D eigenvalue weighted by Gasteiger charge is -2.28. The minimum Gasteiger partial charge on any atom is -0.399 e. The van der Waals surface area contributed by atoms with Crippen molar-refractivity contribution in [2.75, 3.05) is 5.73 Å². The van der Waals surface area contributed by atoms with Crippen molar-refractivity contribution in [2.45, 2.75) is 42.7 Å². The molecule has 4 N–H and O–H groups in total. The number of rotatable bonds is 3. The zero-order valence-electron chi connectivity index (χ0n) is 10.3. The molecule has 0 unspecified atom stereocenters. The van der Waals surface area contributed by atoms with Gasteiger partial charge in [-0.2, -0.15) is 0 Å². The van der Waals surface area contributed by atoms with Crippen LogP contribution in [0.3, 0.4) is 0 Å². The molecule has 1 fully saturated rings. The average molecular weight is 349 g/mol. The summed E-state index contributed by atoms with van der Waals surface area (Å²) in [5.74, 6) is 0. The lowest BCUT2D eigenvalue weighted by Crippen LogP contribution is -2.45. The summed E-state index contributed by atoms with van der Waals surface area (Å²) in [6, 6.07) is 4.20. The molecule has 0 aromatic heterocycles. The molecule has 106 valence electrons. The van der Waals surface area contributed by atoms with Crippen molar-refractivity contribution in [3.63, 3.8) is 0 Å². The number of sulfonamides is 1. The summed E-state index contributed by atoms with van der Waals surface area (Å²) < 4.78 is 27.6. The first-order valence-electron chi connectivity index (χ1n) is 6.15. The quantitative estimate of drug-likeness (QED) is 0.723. The van der Waals surface area contributed by atoms with Gasteiger partial charge >= 0.3 is 0 Å². The van der Waals surface area contributed by atoms with Gasteiger partial charge in [-0.05, 0) is 47.0 Å². The maximum atomic E-state index is 12.3. The molecule has 19 heavy (non-hydrogen) atoms. The van der Waals surface area contributed by atoms with E-state index in [2.05, 4.69) is 20.7 Å². The van der Waals surface area contributed by atoms with Crippen LogP contribution in [0.5, 0.6) is 0 Å². The summed E-state index contributed by atoms with van der Waals surface area (Å²) in [7, 11) is -3.68. The molecule has 7 heteroatoms. The number of benzene rings is 1. The first kappa shape index (κ1) is 14.8. The zero-order valence-corrected chi connectivity index (χ0v) is 12.7. The van der Waals surface area contributed by atoms with Gasteiger partial charge in [0.1, 0.15) is 0 Å². The van der Waals surface area contributed by atoms with Gasteiger partial charge in [-0.3, -0.25) is 0 Å². The van der Waals surface area contributed by atoms with E-state index in [0.29, 0.717) is 23.0 Å². The van der Waals surface area contributed by atoms with Gasteiger partial charge in [0.05, 0.1) is 11.0 Å². The number of aliphatic hydroxyl groups is 1. The summed E-state index contributed by atoms with van der Waals surface area (Å²) in [5.41, 5.74) is 6.00. The third-order valence-electron chi connectivity index (χ3n) is 3.28. The van der Waals surface area contributed by atoms with Crippen LogP contribution in [0.25, 0.3) is 0 Å². The predicted molar refractivity (Wildman–Crippen MR) is 77.1 cm³/mol. The normalized spacial score (nSPS) is 24.3. The number of aliphatic hydroxyl groups excluding tert-OH is 1. The molecular formula is C12H17BrN2O3S. The summed E-state index contributed by atoms with van der Waals surface area (Å²) in [6.07, 6.45) is 2.51. The van der Waals surface area contributed by atoms with Crippen LogP contribution in [0, 0.1) is 0 Å². The molecular weight excluding hydrogens is 332 g/mol. The molecule has 1 aliphatic carbocycles. The highest BCUT2D eigenvalue weighted by molar-refractivity contribution is 9.10. The lowest BCUT2D eigenvalue weighted by molar-refractivity contribution is 0.101. The summed E-state index contributed by atoms with van der Waals surface area (Å²) >= 11 is 3.21. The van der Waals surface area contributed by atoms with Crippen molar-refractivity contribution in [3.8, 4) is 0 Å². The molecule has 2 rings (SSSR count). The molecule has 0 bridgehead atoms. The fraction of sp³-hybridized carbons (Fsp3) is 0.500. The monoisotopic (exact) mass is 348 g/mol. The van der Waals surface area contributed by atoms with E-state index in [1.165, 1.54) is 6.07 Å². The van der Waals surface area contributed by atoms with E-state index >= 15 is 0 Å². The Morgan fingerprint density at radius 1 is 1.32 bits per heavy atom. The highest BCUT2D eigenvalue weighted by Gasteiger charge is 2.29.